The molecular weight excluding hydrogens is 366 g/mol. The smallest absolute Gasteiger partial charge is 0.123 e. The first kappa shape index (κ1) is 20.1. The Balaban J connectivity index is 0.00000180. The molecule has 1 aliphatic heterocycles. The number of nitrogens with one attached hydrogen (secondary N) is 1. The zero-order valence-corrected chi connectivity index (χ0v) is 14.8. The van der Waals surface area contributed by atoms with E-state index in [1.807, 2.05) is 6.07 Å². The first-order chi connectivity index (χ1) is 8.72. The monoisotopic (exact) mass is 386 g/mol. The van der Waals surface area contributed by atoms with E-state index >= 15 is 0 Å². The lowest BCUT2D eigenvalue weighted by Gasteiger charge is -2.35. The molecule has 1 heterocycles. The summed E-state index contributed by atoms with van der Waals surface area (Å²) in [6, 6.07) is 5.32. The molecule has 20 heavy (non-hydrogen) atoms. The number of hydrogen-bond donors (Lipinski definition) is 1. The van der Waals surface area contributed by atoms with Crippen molar-refractivity contribution >= 4 is 40.7 Å². The molecule has 0 spiro atoms. The second-order valence-corrected chi connectivity index (χ2v) is 5.61. The van der Waals surface area contributed by atoms with Crippen molar-refractivity contribution in [3.8, 4) is 0 Å². The van der Waals surface area contributed by atoms with Gasteiger partial charge in [0, 0.05) is 36.7 Å². The SMILES string of the molecule is CCC[C@H](c1cc(F)ccc1Br)N1CCNCC1.Cl.Cl. The van der Waals surface area contributed by atoms with E-state index in [-0.39, 0.29) is 30.6 Å². The standard InChI is InChI=1S/C14H20BrFN2.2ClH/c1-2-3-14(18-8-6-17-7-9-18)12-10-11(16)4-5-13(12)15;;/h4-5,10,14,17H,2-3,6-9H2,1H3;2*1H/t14-;;/m1../s1. The van der Waals surface area contributed by atoms with Crippen molar-refractivity contribution in [2.75, 3.05) is 26.2 Å². The lowest BCUT2D eigenvalue weighted by molar-refractivity contribution is 0.164. The van der Waals surface area contributed by atoms with Gasteiger partial charge < -0.3 is 5.32 Å². The number of piperazine rings is 1. The quantitative estimate of drug-likeness (QED) is 0.833. The van der Waals surface area contributed by atoms with Crippen molar-refractivity contribution in [1.29, 1.82) is 0 Å². The van der Waals surface area contributed by atoms with Crippen LogP contribution in [-0.4, -0.2) is 31.1 Å². The van der Waals surface area contributed by atoms with Crippen LogP contribution in [0.25, 0.3) is 0 Å². The van der Waals surface area contributed by atoms with E-state index in [0.29, 0.717) is 6.04 Å². The molecule has 6 heteroatoms. The van der Waals surface area contributed by atoms with Gasteiger partial charge in [0.15, 0.2) is 0 Å². The van der Waals surface area contributed by atoms with Gasteiger partial charge in [-0.25, -0.2) is 4.39 Å². The first-order valence-corrected chi connectivity index (χ1v) is 7.41. The van der Waals surface area contributed by atoms with Crippen LogP contribution < -0.4 is 5.32 Å². The van der Waals surface area contributed by atoms with Gasteiger partial charge in [-0.3, -0.25) is 4.90 Å². The number of hydrogen-bond acceptors (Lipinski definition) is 2. The molecule has 0 bridgehead atoms. The van der Waals surface area contributed by atoms with E-state index in [1.54, 1.807) is 6.07 Å². The van der Waals surface area contributed by atoms with Crippen LogP contribution in [0, 0.1) is 5.82 Å². The summed E-state index contributed by atoms with van der Waals surface area (Å²) < 4.78 is 14.5. The Hall–Kier alpha value is 0.130. The number of halogens is 4. The summed E-state index contributed by atoms with van der Waals surface area (Å²) in [5.41, 5.74) is 1.08. The molecule has 116 valence electrons. The maximum Gasteiger partial charge on any atom is 0.123 e. The van der Waals surface area contributed by atoms with E-state index in [4.69, 9.17) is 0 Å². The second kappa shape index (κ2) is 9.96. The van der Waals surface area contributed by atoms with Crippen molar-refractivity contribution in [3.63, 3.8) is 0 Å². The minimum absolute atomic E-state index is 0. The number of nitrogens with zero attached hydrogens (tertiary/aromatic N) is 1. The Labute approximate surface area is 141 Å². The molecule has 0 amide bonds. The van der Waals surface area contributed by atoms with E-state index < -0.39 is 0 Å². The Morgan fingerprint density at radius 3 is 2.55 bits per heavy atom. The van der Waals surface area contributed by atoms with Gasteiger partial charge in [0.25, 0.3) is 0 Å². The summed E-state index contributed by atoms with van der Waals surface area (Å²) >= 11 is 3.56. The third kappa shape index (κ3) is 5.15. The fourth-order valence-electron chi connectivity index (χ4n) is 2.57. The molecule has 1 aromatic rings. The van der Waals surface area contributed by atoms with Crippen LogP contribution >= 0.6 is 40.7 Å². The molecule has 2 rings (SSSR count). The van der Waals surface area contributed by atoms with Gasteiger partial charge in [0.1, 0.15) is 5.82 Å². The van der Waals surface area contributed by atoms with Crippen LogP contribution in [0.1, 0.15) is 31.4 Å². The first-order valence-electron chi connectivity index (χ1n) is 6.62. The van der Waals surface area contributed by atoms with E-state index in [1.165, 1.54) is 6.07 Å². The lowest BCUT2D eigenvalue weighted by atomic mass is 10.00. The van der Waals surface area contributed by atoms with Crippen molar-refractivity contribution in [2.45, 2.75) is 25.8 Å². The fourth-order valence-corrected chi connectivity index (χ4v) is 3.08. The van der Waals surface area contributed by atoms with E-state index in [2.05, 4.69) is 33.1 Å². The van der Waals surface area contributed by atoms with Crippen LogP contribution in [0.15, 0.2) is 22.7 Å². The molecular formula is C14H22BrCl2FN2. The highest BCUT2D eigenvalue weighted by Crippen LogP contribution is 2.32. The molecule has 1 saturated heterocycles. The molecule has 1 fully saturated rings. The Morgan fingerprint density at radius 1 is 1.30 bits per heavy atom. The molecule has 2 nitrogen and oxygen atoms in total. The number of benzene rings is 1. The van der Waals surface area contributed by atoms with Crippen molar-refractivity contribution < 1.29 is 4.39 Å². The van der Waals surface area contributed by atoms with Crippen LogP contribution in [-0.2, 0) is 0 Å². The summed E-state index contributed by atoms with van der Waals surface area (Å²) in [5, 5.41) is 3.36. The normalized spacial score (nSPS) is 16.9. The van der Waals surface area contributed by atoms with Crippen LogP contribution in [0.3, 0.4) is 0 Å². The predicted molar refractivity (Wildman–Crippen MR) is 90.7 cm³/mol. The predicted octanol–water partition coefficient (Wildman–Crippen LogP) is 4.18. The van der Waals surface area contributed by atoms with Gasteiger partial charge in [-0.2, -0.15) is 0 Å². The molecule has 0 unspecified atom stereocenters. The Morgan fingerprint density at radius 2 is 1.95 bits per heavy atom. The van der Waals surface area contributed by atoms with Gasteiger partial charge >= 0.3 is 0 Å². The van der Waals surface area contributed by atoms with Gasteiger partial charge in [-0.15, -0.1) is 24.8 Å². The zero-order chi connectivity index (χ0) is 13.0. The largest absolute Gasteiger partial charge is 0.314 e. The van der Waals surface area contributed by atoms with Crippen molar-refractivity contribution in [1.82, 2.24) is 10.2 Å². The molecule has 1 N–H and O–H groups in total. The summed E-state index contributed by atoms with van der Waals surface area (Å²) in [7, 11) is 0. The Bertz CT molecular complexity index is 401. The fraction of sp³-hybridized carbons (Fsp3) is 0.571. The summed E-state index contributed by atoms with van der Waals surface area (Å²) in [6.45, 7) is 6.30. The highest BCUT2D eigenvalue weighted by molar-refractivity contribution is 9.10. The molecule has 1 atom stereocenters. The second-order valence-electron chi connectivity index (χ2n) is 4.76. The van der Waals surface area contributed by atoms with Crippen molar-refractivity contribution in [3.05, 3.63) is 34.1 Å². The topological polar surface area (TPSA) is 15.3 Å². The van der Waals surface area contributed by atoms with Crippen LogP contribution in [0.4, 0.5) is 4.39 Å². The average Bonchev–Trinajstić information content (AvgIpc) is 2.40. The van der Waals surface area contributed by atoms with E-state index in [0.717, 1.165) is 49.1 Å². The third-order valence-electron chi connectivity index (χ3n) is 3.47. The minimum atomic E-state index is -0.149. The van der Waals surface area contributed by atoms with Crippen LogP contribution in [0.5, 0.6) is 0 Å². The summed E-state index contributed by atoms with van der Waals surface area (Å²) in [5.74, 6) is -0.149. The molecule has 0 aliphatic carbocycles. The van der Waals surface area contributed by atoms with Gasteiger partial charge in [0.2, 0.25) is 0 Å². The van der Waals surface area contributed by atoms with Crippen LogP contribution in [0.2, 0.25) is 0 Å². The molecule has 0 saturated carbocycles. The summed E-state index contributed by atoms with van der Waals surface area (Å²) in [6.07, 6.45) is 2.18. The van der Waals surface area contributed by atoms with E-state index in [9.17, 15) is 4.39 Å². The van der Waals surface area contributed by atoms with Crippen molar-refractivity contribution in [2.24, 2.45) is 0 Å². The lowest BCUT2D eigenvalue weighted by Crippen LogP contribution is -2.45. The molecule has 1 aromatic carbocycles. The average molecular weight is 388 g/mol. The highest BCUT2D eigenvalue weighted by Gasteiger charge is 2.23. The van der Waals surface area contributed by atoms with Gasteiger partial charge in [-0.05, 0) is 30.2 Å². The molecule has 0 aromatic heterocycles. The maximum absolute atomic E-state index is 13.5. The molecule has 1 aliphatic rings. The summed E-state index contributed by atoms with van der Waals surface area (Å²) in [4.78, 5) is 2.46. The minimum Gasteiger partial charge on any atom is -0.314 e. The van der Waals surface area contributed by atoms with Gasteiger partial charge in [-0.1, -0.05) is 29.3 Å². The molecule has 0 radical (unpaired) electrons. The third-order valence-corrected chi connectivity index (χ3v) is 4.19. The Kier molecular flexibility index (Phi) is 10.0. The van der Waals surface area contributed by atoms with Gasteiger partial charge in [0.05, 0.1) is 0 Å². The zero-order valence-electron chi connectivity index (χ0n) is 11.6. The highest BCUT2D eigenvalue weighted by atomic mass is 79.9. The maximum atomic E-state index is 13.5. The number of rotatable bonds is 4.